The molecule has 106 valence electrons. The van der Waals surface area contributed by atoms with Crippen molar-refractivity contribution in [2.75, 3.05) is 0 Å². The number of hydrogen-bond donors (Lipinski definition) is 1. The molecular formula is C16H15N3O2. The average Bonchev–Trinajstić information content (AvgIpc) is 2.80. The van der Waals surface area contributed by atoms with Crippen LogP contribution >= 0.6 is 0 Å². The van der Waals surface area contributed by atoms with Crippen molar-refractivity contribution in [3.05, 3.63) is 59.7 Å². The molecule has 1 aromatic carbocycles. The van der Waals surface area contributed by atoms with Gasteiger partial charge in [0.05, 0.1) is 16.6 Å². The summed E-state index contributed by atoms with van der Waals surface area (Å²) in [5, 5.41) is 9.11. The molecule has 0 unspecified atom stereocenters. The lowest BCUT2D eigenvalue weighted by atomic mass is 10.2. The summed E-state index contributed by atoms with van der Waals surface area (Å²) in [5.41, 5.74) is 2.96. The van der Waals surface area contributed by atoms with Crippen LogP contribution in [0.1, 0.15) is 21.9 Å². The summed E-state index contributed by atoms with van der Waals surface area (Å²) < 4.78 is 2.04. The van der Waals surface area contributed by atoms with Crippen molar-refractivity contribution in [2.45, 2.75) is 19.9 Å². The van der Waals surface area contributed by atoms with Crippen molar-refractivity contribution >= 4 is 17.0 Å². The van der Waals surface area contributed by atoms with Crippen molar-refractivity contribution in [1.82, 2.24) is 14.5 Å². The smallest absolute Gasteiger partial charge is 0.335 e. The molecule has 1 N–H and O–H groups in total. The molecule has 5 nitrogen and oxygen atoms in total. The first kappa shape index (κ1) is 13.3. The summed E-state index contributed by atoms with van der Waals surface area (Å²) in [6.45, 7) is 2.65. The average molecular weight is 281 g/mol. The fourth-order valence-electron chi connectivity index (χ4n) is 2.43. The van der Waals surface area contributed by atoms with E-state index in [1.165, 1.54) is 0 Å². The van der Waals surface area contributed by atoms with Crippen LogP contribution in [-0.2, 0) is 13.0 Å². The van der Waals surface area contributed by atoms with E-state index in [4.69, 9.17) is 5.11 Å². The van der Waals surface area contributed by atoms with Gasteiger partial charge in [0.1, 0.15) is 5.82 Å². The van der Waals surface area contributed by atoms with Gasteiger partial charge < -0.3 is 9.67 Å². The lowest BCUT2D eigenvalue weighted by molar-refractivity contribution is 0.0697. The topological polar surface area (TPSA) is 68.0 Å². The Hall–Kier alpha value is -2.69. The molecule has 0 aliphatic carbocycles. The monoisotopic (exact) mass is 281 g/mol. The standard InChI is InChI=1S/C16H15N3O2/c1-11-18-14-6-5-12(16(20)21)10-15(14)19(11)9-7-13-4-2-3-8-17-13/h2-6,8,10H,7,9H2,1H3,(H,20,21). The Balaban J connectivity index is 1.95. The number of hydrogen-bond acceptors (Lipinski definition) is 3. The van der Waals surface area contributed by atoms with Crippen LogP contribution in [0.2, 0.25) is 0 Å². The number of carboxylic acids is 1. The van der Waals surface area contributed by atoms with Crippen LogP contribution in [0.5, 0.6) is 0 Å². The second-order valence-electron chi connectivity index (χ2n) is 4.89. The van der Waals surface area contributed by atoms with E-state index in [9.17, 15) is 4.79 Å². The first-order chi connectivity index (χ1) is 10.1. The summed E-state index contributed by atoms with van der Waals surface area (Å²) in [6.07, 6.45) is 2.56. The van der Waals surface area contributed by atoms with Crippen LogP contribution in [0.3, 0.4) is 0 Å². The van der Waals surface area contributed by atoms with E-state index in [2.05, 4.69) is 9.97 Å². The number of aryl methyl sites for hydroxylation is 3. The van der Waals surface area contributed by atoms with Gasteiger partial charge in [-0.15, -0.1) is 0 Å². The van der Waals surface area contributed by atoms with Gasteiger partial charge in [0.15, 0.2) is 0 Å². The molecule has 0 spiro atoms. The lowest BCUT2D eigenvalue weighted by Crippen LogP contribution is -2.05. The number of fused-ring (bicyclic) bond motifs is 1. The number of benzene rings is 1. The zero-order valence-electron chi connectivity index (χ0n) is 11.7. The highest BCUT2D eigenvalue weighted by atomic mass is 16.4. The minimum Gasteiger partial charge on any atom is -0.478 e. The van der Waals surface area contributed by atoms with Gasteiger partial charge in [-0.2, -0.15) is 0 Å². The molecule has 0 saturated heterocycles. The maximum Gasteiger partial charge on any atom is 0.335 e. The van der Waals surface area contributed by atoms with Gasteiger partial charge in [0.25, 0.3) is 0 Å². The minimum atomic E-state index is -0.924. The first-order valence-corrected chi connectivity index (χ1v) is 6.75. The summed E-state index contributed by atoms with van der Waals surface area (Å²) >= 11 is 0. The first-order valence-electron chi connectivity index (χ1n) is 6.75. The Morgan fingerprint density at radius 3 is 2.86 bits per heavy atom. The van der Waals surface area contributed by atoms with Gasteiger partial charge >= 0.3 is 5.97 Å². The van der Waals surface area contributed by atoms with Crippen LogP contribution in [0.25, 0.3) is 11.0 Å². The summed E-state index contributed by atoms with van der Waals surface area (Å²) in [6, 6.07) is 10.8. The Kier molecular flexibility index (Phi) is 3.39. The number of carbonyl (C=O) groups is 1. The maximum atomic E-state index is 11.1. The van der Waals surface area contributed by atoms with Crippen LogP contribution in [-0.4, -0.2) is 25.6 Å². The van der Waals surface area contributed by atoms with Crippen molar-refractivity contribution in [1.29, 1.82) is 0 Å². The Bertz CT molecular complexity index is 794. The molecule has 0 atom stereocenters. The van der Waals surface area contributed by atoms with E-state index < -0.39 is 5.97 Å². The van der Waals surface area contributed by atoms with Gasteiger partial charge in [-0.1, -0.05) is 6.07 Å². The molecule has 21 heavy (non-hydrogen) atoms. The lowest BCUT2D eigenvalue weighted by Gasteiger charge is -2.07. The number of nitrogens with zero attached hydrogens (tertiary/aromatic N) is 3. The maximum absolute atomic E-state index is 11.1. The van der Waals surface area contributed by atoms with Gasteiger partial charge in [0, 0.05) is 24.9 Å². The number of aromatic nitrogens is 3. The summed E-state index contributed by atoms with van der Waals surface area (Å²) in [4.78, 5) is 19.9. The fourth-order valence-corrected chi connectivity index (χ4v) is 2.43. The fraction of sp³-hybridized carbons (Fsp3) is 0.188. The molecular weight excluding hydrogens is 266 g/mol. The van der Waals surface area contributed by atoms with E-state index in [1.54, 1.807) is 24.4 Å². The highest BCUT2D eigenvalue weighted by Crippen LogP contribution is 2.18. The van der Waals surface area contributed by atoms with Crippen LogP contribution in [0.4, 0.5) is 0 Å². The molecule has 0 saturated carbocycles. The van der Waals surface area contributed by atoms with Gasteiger partial charge in [-0.3, -0.25) is 4.98 Å². The molecule has 3 aromatic rings. The Morgan fingerprint density at radius 2 is 2.14 bits per heavy atom. The molecule has 0 fully saturated rings. The number of carboxylic acid groups (broad SMARTS) is 1. The zero-order chi connectivity index (χ0) is 14.8. The molecule has 2 heterocycles. The highest BCUT2D eigenvalue weighted by molar-refractivity contribution is 5.92. The molecule has 3 rings (SSSR count). The Labute approximate surface area is 121 Å². The molecule has 0 radical (unpaired) electrons. The van der Waals surface area contributed by atoms with Gasteiger partial charge in [0.2, 0.25) is 0 Å². The van der Waals surface area contributed by atoms with E-state index in [-0.39, 0.29) is 5.56 Å². The van der Waals surface area contributed by atoms with Crippen molar-refractivity contribution in [3.63, 3.8) is 0 Å². The van der Waals surface area contributed by atoms with Crippen molar-refractivity contribution in [2.24, 2.45) is 0 Å². The van der Waals surface area contributed by atoms with E-state index in [0.29, 0.717) is 0 Å². The van der Waals surface area contributed by atoms with Crippen LogP contribution in [0.15, 0.2) is 42.6 Å². The number of aromatic carboxylic acids is 1. The third-order valence-electron chi connectivity index (χ3n) is 3.50. The van der Waals surface area contributed by atoms with Gasteiger partial charge in [-0.25, -0.2) is 9.78 Å². The largest absolute Gasteiger partial charge is 0.478 e. The summed E-state index contributed by atoms with van der Waals surface area (Å²) in [7, 11) is 0. The molecule has 0 amide bonds. The van der Waals surface area contributed by atoms with Crippen LogP contribution in [0, 0.1) is 6.92 Å². The number of pyridine rings is 1. The normalized spacial score (nSPS) is 10.9. The summed E-state index contributed by atoms with van der Waals surface area (Å²) in [5.74, 6) is -0.0458. The minimum absolute atomic E-state index is 0.279. The van der Waals surface area contributed by atoms with Gasteiger partial charge in [-0.05, 0) is 37.3 Å². The van der Waals surface area contributed by atoms with Crippen molar-refractivity contribution in [3.8, 4) is 0 Å². The SMILES string of the molecule is Cc1nc2ccc(C(=O)O)cc2n1CCc1ccccn1. The quantitative estimate of drug-likeness (QED) is 0.798. The number of rotatable bonds is 4. The second-order valence-corrected chi connectivity index (χ2v) is 4.89. The zero-order valence-corrected chi connectivity index (χ0v) is 11.7. The van der Waals surface area contributed by atoms with Crippen LogP contribution < -0.4 is 0 Å². The third kappa shape index (κ3) is 2.63. The van der Waals surface area contributed by atoms with E-state index >= 15 is 0 Å². The molecule has 2 aromatic heterocycles. The predicted octanol–water partition coefficient (Wildman–Crippen LogP) is 2.68. The second kappa shape index (κ2) is 5.36. The predicted molar refractivity (Wildman–Crippen MR) is 79.4 cm³/mol. The highest BCUT2D eigenvalue weighted by Gasteiger charge is 2.11. The van der Waals surface area contributed by atoms with E-state index in [1.807, 2.05) is 29.7 Å². The molecule has 0 aliphatic heterocycles. The van der Waals surface area contributed by atoms with E-state index in [0.717, 1.165) is 35.5 Å². The molecule has 0 bridgehead atoms. The number of imidazole rings is 1. The molecule has 5 heteroatoms. The third-order valence-corrected chi connectivity index (χ3v) is 3.50. The Morgan fingerprint density at radius 1 is 1.29 bits per heavy atom. The molecule has 0 aliphatic rings. The van der Waals surface area contributed by atoms with Crippen molar-refractivity contribution < 1.29 is 9.90 Å².